The monoisotopic (exact) mass is 350 g/mol. The summed E-state index contributed by atoms with van der Waals surface area (Å²) in [5.74, 6) is -0.134. The first-order valence-electron chi connectivity index (χ1n) is 8.78. The van der Waals surface area contributed by atoms with Gasteiger partial charge in [-0.05, 0) is 44.5 Å². The van der Waals surface area contributed by atoms with Crippen LogP contribution in [0.5, 0.6) is 0 Å². The van der Waals surface area contributed by atoms with Crippen molar-refractivity contribution in [1.82, 2.24) is 19.9 Å². The van der Waals surface area contributed by atoms with Crippen LogP contribution in [0.2, 0.25) is 0 Å². The molecule has 1 amide bonds. The highest BCUT2D eigenvalue weighted by molar-refractivity contribution is 5.94. The van der Waals surface area contributed by atoms with Gasteiger partial charge < -0.3 is 5.32 Å². The Morgan fingerprint density at radius 1 is 1.19 bits per heavy atom. The summed E-state index contributed by atoms with van der Waals surface area (Å²) < 4.78 is 1.66. The van der Waals surface area contributed by atoms with E-state index < -0.39 is 0 Å². The molecule has 0 unspecified atom stereocenters. The molecule has 1 N–H and O–H groups in total. The topological polar surface area (TPSA) is 76.9 Å². The zero-order valence-electron chi connectivity index (χ0n) is 15.2. The molecule has 1 aromatic carbocycles. The molecule has 2 aromatic heterocycles. The van der Waals surface area contributed by atoms with E-state index in [1.54, 1.807) is 41.1 Å². The molecule has 0 saturated carbocycles. The Morgan fingerprint density at radius 2 is 1.92 bits per heavy atom. The molecule has 2 heterocycles. The zero-order valence-corrected chi connectivity index (χ0v) is 15.2. The molecule has 0 aliphatic heterocycles. The summed E-state index contributed by atoms with van der Waals surface area (Å²) in [4.78, 5) is 33.8. The van der Waals surface area contributed by atoms with E-state index in [9.17, 15) is 9.59 Å². The molecule has 0 spiro atoms. The molecule has 0 aliphatic carbocycles. The van der Waals surface area contributed by atoms with Crippen molar-refractivity contribution in [3.05, 3.63) is 58.5 Å². The minimum Gasteiger partial charge on any atom is -0.350 e. The second-order valence-electron chi connectivity index (χ2n) is 6.47. The molecule has 0 saturated heterocycles. The van der Waals surface area contributed by atoms with E-state index in [1.807, 2.05) is 26.8 Å². The van der Waals surface area contributed by atoms with Crippen LogP contribution < -0.4 is 10.9 Å². The van der Waals surface area contributed by atoms with Gasteiger partial charge in [0.1, 0.15) is 11.2 Å². The van der Waals surface area contributed by atoms with Gasteiger partial charge in [0.05, 0.1) is 0 Å². The summed E-state index contributed by atoms with van der Waals surface area (Å²) in [6, 6.07) is 10.7. The summed E-state index contributed by atoms with van der Waals surface area (Å²) in [7, 11) is 0. The van der Waals surface area contributed by atoms with Crippen molar-refractivity contribution in [1.29, 1.82) is 0 Å². The Kier molecular flexibility index (Phi) is 5.11. The maximum atomic E-state index is 12.9. The van der Waals surface area contributed by atoms with Crippen molar-refractivity contribution in [3.8, 4) is 11.3 Å². The van der Waals surface area contributed by atoms with Gasteiger partial charge in [-0.15, -0.1) is 0 Å². The summed E-state index contributed by atoms with van der Waals surface area (Å²) in [5.41, 5.74) is 2.71. The number of pyridine rings is 1. The van der Waals surface area contributed by atoms with Crippen LogP contribution in [-0.4, -0.2) is 26.5 Å². The molecule has 6 heteroatoms. The van der Waals surface area contributed by atoms with E-state index in [0.717, 1.165) is 6.42 Å². The van der Waals surface area contributed by atoms with Crippen LogP contribution in [0.15, 0.2) is 47.4 Å². The Hall–Kier alpha value is -3.02. The SMILES string of the molecule is CCCn1c(=O)c(-c2ccc(C(=O)NC(C)C)cc2)nc2cccnc21. The number of carbonyl (C=O) groups is 1. The molecule has 3 rings (SSSR count). The molecule has 0 atom stereocenters. The van der Waals surface area contributed by atoms with Gasteiger partial charge in [0.15, 0.2) is 5.65 Å². The molecule has 0 fully saturated rings. The first kappa shape index (κ1) is 17.8. The number of benzene rings is 1. The van der Waals surface area contributed by atoms with Crippen molar-refractivity contribution in [3.63, 3.8) is 0 Å². The Labute approximate surface area is 151 Å². The van der Waals surface area contributed by atoms with Gasteiger partial charge in [-0.3, -0.25) is 14.2 Å². The summed E-state index contributed by atoms with van der Waals surface area (Å²) in [5, 5.41) is 2.85. The third-order valence-electron chi connectivity index (χ3n) is 3.99. The van der Waals surface area contributed by atoms with Crippen LogP contribution in [0, 0.1) is 0 Å². The second kappa shape index (κ2) is 7.47. The average molecular weight is 350 g/mol. The van der Waals surface area contributed by atoms with E-state index in [0.29, 0.717) is 34.5 Å². The first-order valence-corrected chi connectivity index (χ1v) is 8.78. The van der Waals surface area contributed by atoms with E-state index >= 15 is 0 Å². The smallest absolute Gasteiger partial charge is 0.278 e. The maximum Gasteiger partial charge on any atom is 0.278 e. The lowest BCUT2D eigenvalue weighted by atomic mass is 10.1. The highest BCUT2D eigenvalue weighted by atomic mass is 16.1. The molecule has 0 radical (unpaired) electrons. The van der Waals surface area contributed by atoms with Crippen LogP contribution in [0.1, 0.15) is 37.6 Å². The largest absolute Gasteiger partial charge is 0.350 e. The second-order valence-corrected chi connectivity index (χ2v) is 6.47. The van der Waals surface area contributed by atoms with Crippen LogP contribution in [0.4, 0.5) is 0 Å². The Morgan fingerprint density at radius 3 is 2.58 bits per heavy atom. The van der Waals surface area contributed by atoms with Crippen molar-refractivity contribution in [2.75, 3.05) is 0 Å². The van der Waals surface area contributed by atoms with Gasteiger partial charge in [-0.2, -0.15) is 0 Å². The van der Waals surface area contributed by atoms with Gasteiger partial charge in [0, 0.05) is 29.9 Å². The number of aryl methyl sites for hydroxylation is 1. The fourth-order valence-corrected chi connectivity index (χ4v) is 2.82. The van der Waals surface area contributed by atoms with Crippen LogP contribution in [0.3, 0.4) is 0 Å². The summed E-state index contributed by atoms with van der Waals surface area (Å²) in [6.45, 7) is 6.42. The van der Waals surface area contributed by atoms with Gasteiger partial charge >= 0.3 is 0 Å². The summed E-state index contributed by atoms with van der Waals surface area (Å²) >= 11 is 0. The normalized spacial score (nSPS) is 11.1. The number of hydrogen-bond acceptors (Lipinski definition) is 4. The quantitative estimate of drug-likeness (QED) is 0.767. The Balaban J connectivity index is 2.06. The lowest BCUT2D eigenvalue weighted by Gasteiger charge is -2.11. The number of amides is 1. The van der Waals surface area contributed by atoms with E-state index in [1.165, 1.54) is 0 Å². The zero-order chi connectivity index (χ0) is 18.7. The van der Waals surface area contributed by atoms with Crippen molar-refractivity contribution < 1.29 is 4.79 Å². The lowest BCUT2D eigenvalue weighted by Crippen LogP contribution is -2.30. The molecular weight excluding hydrogens is 328 g/mol. The molecule has 134 valence electrons. The molecule has 0 bridgehead atoms. The molecule has 6 nitrogen and oxygen atoms in total. The third-order valence-corrected chi connectivity index (χ3v) is 3.99. The minimum absolute atomic E-state index is 0.0677. The molecule has 0 aliphatic rings. The molecule has 26 heavy (non-hydrogen) atoms. The van der Waals surface area contributed by atoms with Crippen molar-refractivity contribution in [2.45, 2.75) is 39.8 Å². The van der Waals surface area contributed by atoms with Gasteiger partial charge in [0.2, 0.25) is 0 Å². The van der Waals surface area contributed by atoms with Crippen LogP contribution in [0.25, 0.3) is 22.4 Å². The van der Waals surface area contributed by atoms with Gasteiger partial charge in [-0.25, -0.2) is 9.97 Å². The van der Waals surface area contributed by atoms with Crippen molar-refractivity contribution >= 4 is 17.1 Å². The number of nitrogens with one attached hydrogen (secondary N) is 1. The molecule has 3 aromatic rings. The Bertz CT molecular complexity index is 991. The fourth-order valence-electron chi connectivity index (χ4n) is 2.82. The number of carbonyl (C=O) groups excluding carboxylic acids is 1. The predicted octanol–water partition coefficient (Wildman–Crippen LogP) is 3.01. The standard InChI is InChI=1S/C20H22N4O2/c1-4-12-24-18-16(6-5-11-21-18)23-17(20(24)26)14-7-9-15(10-8-14)19(25)22-13(2)3/h5-11,13H,4,12H2,1-3H3,(H,22,25). The third kappa shape index (κ3) is 3.49. The van der Waals surface area contributed by atoms with E-state index in [-0.39, 0.29) is 17.5 Å². The average Bonchev–Trinajstić information content (AvgIpc) is 2.63. The first-order chi connectivity index (χ1) is 12.5. The van der Waals surface area contributed by atoms with Crippen LogP contribution in [-0.2, 0) is 6.54 Å². The fraction of sp³-hybridized carbons (Fsp3) is 0.300. The summed E-state index contributed by atoms with van der Waals surface area (Å²) in [6.07, 6.45) is 2.49. The lowest BCUT2D eigenvalue weighted by molar-refractivity contribution is 0.0943. The number of rotatable bonds is 5. The molecular formula is C20H22N4O2. The number of fused-ring (bicyclic) bond motifs is 1. The predicted molar refractivity (Wildman–Crippen MR) is 102 cm³/mol. The van der Waals surface area contributed by atoms with Crippen molar-refractivity contribution in [2.24, 2.45) is 0 Å². The minimum atomic E-state index is -0.169. The maximum absolute atomic E-state index is 12.9. The number of nitrogens with zero attached hydrogens (tertiary/aromatic N) is 3. The highest BCUT2D eigenvalue weighted by Gasteiger charge is 2.14. The van der Waals surface area contributed by atoms with Crippen LogP contribution >= 0.6 is 0 Å². The van der Waals surface area contributed by atoms with Gasteiger partial charge in [0.25, 0.3) is 11.5 Å². The van der Waals surface area contributed by atoms with E-state index in [2.05, 4.69) is 15.3 Å². The van der Waals surface area contributed by atoms with E-state index in [4.69, 9.17) is 0 Å². The highest BCUT2D eigenvalue weighted by Crippen LogP contribution is 2.18. The number of hydrogen-bond donors (Lipinski definition) is 1. The van der Waals surface area contributed by atoms with Gasteiger partial charge in [-0.1, -0.05) is 19.1 Å². The number of aromatic nitrogens is 3.